The first-order valence-corrected chi connectivity index (χ1v) is 9.80. The number of sulfone groups is 1. The van der Waals surface area contributed by atoms with Gasteiger partial charge >= 0.3 is 0 Å². The van der Waals surface area contributed by atoms with Gasteiger partial charge in [0.05, 0.1) is 21.2 Å². The fourth-order valence-electron chi connectivity index (χ4n) is 2.65. The molecule has 4 nitrogen and oxygen atoms in total. The topological polar surface area (TPSA) is 54.5 Å². The highest BCUT2D eigenvalue weighted by molar-refractivity contribution is 7.91. The van der Waals surface area contributed by atoms with Crippen molar-refractivity contribution in [3.8, 4) is 0 Å². The van der Waals surface area contributed by atoms with Crippen molar-refractivity contribution in [1.29, 1.82) is 0 Å². The number of nitrogens with zero attached hydrogens (tertiary/aromatic N) is 1. The van der Waals surface area contributed by atoms with Crippen molar-refractivity contribution < 1.29 is 13.2 Å². The predicted molar refractivity (Wildman–Crippen MR) is 88.2 cm³/mol. The lowest BCUT2D eigenvalue weighted by atomic mass is 10.1. The number of carbonyl (C=O) groups excluding carboxylic acids is 1. The van der Waals surface area contributed by atoms with Crippen LogP contribution in [0.4, 0.5) is 0 Å². The van der Waals surface area contributed by atoms with Gasteiger partial charge in [0.2, 0.25) is 0 Å². The van der Waals surface area contributed by atoms with Gasteiger partial charge in [0.1, 0.15) is 0 Å². The van der Waals surface area contributed by atoms with Gasteiger partial charge in [0, 0.05) is 13.1 Å². The number of carbonyl (C=O) groups is 1. The lowest BCUT2D eigenvalue weighted by Crippen LogP contribution is -2.34. The summed E-state index contributed by atoms with van der Waals surface area (Å²) in [6, 6.07) is 4.38. The molecule has 0 N–H and O–H groups in total. The molecule has 0 aromatic heterocycles. The molecule has 1 saturated heterocycles. The summed E-state index contributed by atoms with van der Waals surface area (Å²) in [4.78, 5) is 14.7. The average molecular weight is 344 g/mol. The Kier molecular flexibility index (Phi) is 5.87. The number of halogens is 1. The number of likely N-dealkylation sites (tertiary alicyclic amines) is 1. The zero-order valence-electron chi connectivity index (χ0n) is 12.8. The fraction of sp³-hybridized carbons (Fsp3) is 0.562. The average Bonchev–Trinajstić information content (AvgIpc) is 2.46. The molecule has 1 fully saturated rings. The normalized spacial score (nSPS) is 16.9. The van der Waals surface area contributed by atoms with Crippen molar-refractivity contribution in [3.63, 3.8) is 0 Å². The third kappa shape index (κ3) is 4.02. The summed E-state index contributed by atoms with van der Waals surface area (Å²) in [5, 5.41) is 0.308. The lowest BCUT2D eigenvalue weighted by molar-refractivity contribution is 0.0742. The molecule has 0 atom stereocenters. The highest BCUT2D eigenvalue weighted by Crippen LogP contribution is 2.24. The van der Waals surface area contributed by atoms with E-state index >= 15 is 0 Å². The van der Waals surface area contributed by atoms with E-state index in [9.17, 15) is 13.2 Å². The van der Waals surface area contributed by atoms with Crippen LogP contribution >= 0.6 is 11.6 Å². The zero-order valence-corrected chi connectivity index (χ0v) is 14.4. The van der Waals surface area contributed by atoms with Crippen LogP contribution in [-0.2, 0) is 9.84 Å². The molecule has 1 aliphatic rings. The van der Waals surface area contributed by atoms with Crippen LogP contribution in [0.1, 0.15) is 49.4 Å². The first-order valence-electron chi connectivity index (χ1n) is 7.77. The molecule has 0 aliphatic carbocycles. The minimum Gasteiger partial charge on any atom is -0.339 e. The Balaban J connectivity index is 2.30. The number of benzene rings is 1. The Morgan fingerprint density at radius 3 is 2.32 bits per heavy atom. The van der Waals surface area contributed by atoms with Crippen molar-refractivity contribution in [1.82, 2.24) is 4.90 Å². The molecular formula is C16H22ClNO3S. The molecule has 1 heterocycles. The van der Waals surface area contributed by atoms with Crippen LogP contribution in [0.2, 0.25) is 5.02 Å². The van der Waals surface area contributed by atoms with Crippen molar-refractivity contribution in [2.24, 2.45) is 0 Å². The SMILES string of the molecule is CCS(=O)(=O)c1ccc(Cl)c(C(=O)N2CCCCCCC2)c1. The Morgan fingerprint density at radius 1 is 1.14 bits per heavy atom. The maximum atomic E-state index is 12.7. The van der Waals surface area contributed by atoms with Gasteiger partial charge in [-0.05, 0) is 31.0 Å². The van der Waals surface area contributed by atoms with Crippen molar-refractivity contribution >= 4 is 27.3 Å². The number of amides is 1. The summed E-state index contributed by atoms with van der Waals surface area (Å²) >= 11 is 6.13. The van der Waals surface area contributed by atoms with Crippen LogP contribution in [-0.4, -0.2) is 38.1 Å². The largest absolute Gasteiger partial charge is 0.339 e. The monoisotopic (exact) mass is 343 g/mol. The van der Waals surface area contributed by atoms with Gasteiger partial charge in [0.25, 0.3) is 5.91 Å². The highest BCUT2D eigenvalue weighted by Gasteiger charge is 2.22. The fourth-order valence-corrected chi connectivity index (χ4v) is 3.75. The summed E-state index contributed by atoms with van der Waals surface area (Å²) < 4.78 is 24.0. The second kappa shape index (κ2) is 7.47. The van der Waals surface area contributed by atoms with E-state index in [0.717, 1.165) is 25.7 Å². The minimum absolute atomic E-state index is 0.00593. The molecule has 6 heteroatoms. The Hall–Kier alpha value is -1.07. The van der Waals surface area contributed by atoms with Gasteiger partial charge in [-0.3, -0.25) is 4.79 Å². The minimum atomic E-state index is -3.34. The van der Waals surface area contributed by atoms with Gasteiger partial charge in [-0.2, -0.15) is 0 Å². The highest BCUT2D eigenvalue weighted by atomic mass is 35.5. The molecule has 22 heavy (non-hydrogen) atoms. The number of hydrogen-bond donors (Lipinski definition) is 0. The van der Waals surface area contributed by atoms with E-state index in [1.165, 1.54) is 24.6 Å². The Morgan fingerprint density at radius 2 is 1.73 bits per heavy atom. The summed E-state index contributed by atoms with van der Waals surface area (Å²) in [5.74, 6) is -0.161. The Labute approximate surface area is 137 Å². The van der Waals surface area contributed by atoms with E-state index in [1.807, 2.05) is 0 Å². The quantitative estimate of drug-likeness (QED) is 0.843. The maximum absolute atomic E-state index is 12.7. The first-order chi connectivity index (χ1) is 10.5. The second-order valence-corrected chi connectivity index (χ2v) is 8.29. The first kappa shape index (κ1) is 17.3. The number of rotatable bonds is 3. The van der Waals surface area contributed by atoms with E-state index in [0.29, 0.717) is 18.1 Å². The molecule has 0 unspecified atom stereocenters. The van der Waals surface area contributed by atoms with Crippen LogP contribution < -0.4 is 0 Å². The van der Waals surface area contributed by atoms with Crippen molar-refractivity contribution in [2.45, 2.75) is 43.9 Å². The van der Waals surface area contributed by atoms with Crippen LogP contribution in [0.5, 0.6) is 0 Å². The van der Waals surface area contributed by atoms with Gasteiger partial charge in [-0.1, -0.05) is 37.8 Å². The molecule has 1 aromatic rings. The van der Waals surface area contributed by atoms with E-state index in [4.69, 9.17) is 11.6 Å². The summed E-state index contributed by atoms with van der Waals surface area (Å²) in [6.45, 7) is 3.00. The van der Waals surface area contributed by atoms with Crippen molar-refractivity contribution in [3.05, 3.63) is 28.8 Å². The molecule has 1 aromatic carbocycles. The smallest absolute Gasteiger partial charge is 0.255 e. The summed E-state index contributed by atoms with van der Waals surface area (Å²) in [7, 11) is -3.34. The molecular weight excluding hydrogens is 322 g/mol. The summed E-state index contributed by atoms with van der Waals surface area (Å²) in [5.41, 5.74) is 0.289. The van der Waals surface area contributed by atoms with E-state index in [2.05, 4.69) is 0 Å². The van der Waals surface area contributed by atoms with Crippen LogP contribution in [0.25, 0.3) is 0 Å². The number of hydrogen-bond acceptors (Lipinski definition) is 3. The van der Waals surface area contributed by atoms with Crippen LogP contribution in [0.15, 0.2) is 23.1 Å². The third-order valence-electron chi connectivity index (χ3n) is 4.05. The van der Waals surface area contributed by atoms with Gasteiger partial charge in [0.15, 0.2) is 9.84 Å². The second-order valence-electron chi connectivity index (χ2n) is 5.61. The molecule has 0 radical (unpaired) electrons. The van der Waals surface area contributed by atoms with E-state index < -0.39 is 9.84 Å². The molecule has 0 spiro atoms. The Bertz CT molecular complexity index is 635. The van der Waals surface area contributed by atoms with Gasteiger partial charge in [-0.15, -0.1) is 0 Å². The molecule has 1 amide bonds. The molecule has 0 bridgehead atoms. The van der Waals surface area contributed by atoms with Crippen LogP contribution in [0, 0.1) is 0 Å². The lowest BCUT2D eigenvalue weighted by Gasteiger charge is -2.25. The van der Waals surface area contributed by atoms with Crippen molar-refractivity contribution in [2.75, 3.05) is 18.8 Å². The maximum Gasteiger partial charge on any atom is 0.255 e. The summed E-state index contributed by atoms with van der Waals surface area (Å²) in [6.07, 6.45) is 5.43. The van der Waals surface area contributed by atoms with E-state index in [1.54, 1.807) is 11.8 Å². The zero-order chi connectivity index (χ0) is 16.2. The molecule has 2 rings (SSSR count). The third-order valence-corrected chi connectivity index (χ3v) is 6.11. The molecule has 0 saturated carbocycles. The van der Waals surface area contributed by atoms with Gasteiger partial charge in [-0.25, -0.2) is 8.42 Å². The van der Waals surface area contributed by atoms with E-state index in [-0.39, 0.29) is 22.1 Å². The predicted octanol–water partition coefficient (Wildman–Crippen LogP) is 3.54. The van der Waals surface area contributed by atoms with Gasteiger partial charge < -0.3 is 4.90 Å². The standard InChI is InChI=1S/C16H22ClNO3S/c1-2-22(20,21)13-8-9-15(17)14(12-13)16(19)18-10-6-4-3-5-7-11-18/h8-9,12H,2-7,10-11H2,1H3. The van der Waals surface area contributed by atoms with Crippen LogP contribution in [0.3, 0.4) is 0 Å². The molecule has 1 aliphatic heterocycles. The molecule has 122 valence electrons.